The number of hydrogen-bond acceptors (Lipinski definition) is 2. The highest BCUT2D eigenvalue weighted by Gasteiger charge is 2.28. The van der Waals surface area contributed by atoms with Gasteiger partial charge >= 0.3 is 0 Å². The summed E-state index contributed by atoms with van der Waals surface area (Å²) in [5, 5.41) is 4.11. The van der Waals surface area contributed by atoms with Gasteiger partial charge in [-0.15, -0.1) is 0 Å². The van der Waals surface area contributed by atoms with Crippen LogP contribution in [0, 0.1) is 0 Å². The molecule has 1 aliphatic carbocycles. The number of fused-ring (bicyclic) bond motifs is 1. The molecule has 1 heterocycles. The highest BCUT2D eigenvalue weighted by Crippen LogP contribution is 2.36. The van der Waals surface area contributed by atoms with Gasteiger partial charge in [0.1, 0.15) is 7.85 Å². The fourth-order valence-corrected chi connectivity index (χ4v) is 3.15. The van der Waals surface area contributed by atoms with Gasteiger partial charge in [0.25, 0.3) is 0 Å². The predicted molar refractivity (Wildman–Crippen MR) is 73.1 cm³/mol. The van der Waals surface area contributed by atoms with E-state index in [2.05, 4.69) is 27.0 Å². The van der Waals surface area contributed by atoms with Gasteiger partial charge in [0, 0.05) is 6.04 Å². The maximum absolute atomic E-state index is 4.73. The maximum Gasteiger partial charge on any atom is 0.109 e. The van der Waals surface area contributed by atoms with E-state index in [9.17, 15) is 0 Å². The number of hydrogen-bond donors (Lipinski definition) is 1. The minimum atomic E-state index is 0.557. The van der Waals surface area contributed by atoms with Crippen LogP contribution in [-0.4, -0.2) is 25.8 Å². The first-order valence-corrected chi connectivity index (χ1v) is 6.88. The van der Waals surface area contributed by atoms with Crippen molar-refractivity contribution in [1.29, 1.82) is 0 Å². The predicted octanol–water partition coefficient (Wildman–Crippen LogP) is 2.30. The third-order valence-corrected chi connectivity index (χ3v) is 4.19. The summed E-state index contributed by atoms with van der Waals surface area (Å²) in [4.78, 5) is 4.73. The fourth-order valence-electron chi connectivity index (χ4n) is 3.15. The Balaban J connectivity index is 1.94. The van der Waals surface area contributed by atoms with E-state index in [-0.39, 0.29) is 0 Å². The minimum Gasteiger partial charge on any atom is -0.369 e. The van der Waals surface area contributed by atoms with Crippen LogP contribution in [0.4, 0.5) is 0 Å². The Morgan fingerprint density at radius 3 is 2.81 bits per heavy atom. The van der Waals surface area contributed by atoms with E-state index in [0.717, 1.165) is 5.84 Å². The van der Waals surface area contributed by atoms with Crippen LogP contribution < -0.4 is 5.32 Å². The summed E-state index contributed by atoms with van der Waals surface area (Å²) < 4.78 is 0. The molecule has 1 N–H and O–H groups in total. The monoisotopic (exact) mass is 220 g/mol. The standard InChI is InChI=1S/C13H25BN2/c1-10-15-11-6-3-4-8-13(2,14)9-5-7-12(11)16-10/h11-12H,3-9,14H2,1-2H3,(H,15,16). The van der Waals surface area contributed by atoms with Crippen LogP contribution in [0.15, 0.2) is 4.99 Å². The van der Waals surface area contributed by atoms with Crippen molar-refractivity contribution in [2.24, 2.45) is 4.99 Å². The van der Waals surface area contributed by atoms with Crippen molar-refractivity contribution in [3.05, 3.63) is 0 Å². The normalized spacial score (nSPS) is 40.8. The van der Waals surface area contributed by atoms with E-state index < -0.39 is 0 Å². The molecule has 2 nitrogen and oxygen atoms in total. The van der Waals surface area contributed by atoms with E-state index >= 15 is 0 Å². The van der Waals surface area contributed by atoms with Gasteiger partial charge in [-0.2, -0.15) is 0 Å². The molecule has 90 valence electrons. The van der Waals surface area contributed by atoms with E-state index in [4.69, 9.17) is 4.99 Å². The van der Waals surface area contributed by atoms with Crippen molar-refractivity contribution < 1.29 is 0 Å². The molecule has 0 bridgehead atoms. The lowest BCUT2D eigenvalue weighted by Gasteiger charge is -2.28. The van der Waals surface area contributed by atoms with Crippen LogP contribution in [0.1, 0.15) is 58.8 Å². The molecule has 1 aliphatic heterocycles. The minimum absolute atomic E-state index is 0.557. The van der Waals surface area contributed by atoms with Crippen LogP contribution in [0.3, 0.4) is 0 Å². The van der Waals surface area contributed by atoms with Gasteiger partial charge in [0.05, 0.1) is 11.9 Å². The molecule has 2 rings (SSSR count). The van der Waals surface area contributed by atoms with Crippen molar-refractivity contribution in [2.45, 2.75) is 76.2 Å². The zero-order valence-electron chi connectivity index (χ0n) is 11.1. The summed E-state index contributed by atoms with van der Waals surface area (Å²) in [6, 6.07) is 1.20. The van der Waals surface area contributed by atoms with E-state index in [0.29, 0.717) is 17.4 Å². The van der Waals surface area contributed by atoms with E-state index in [1.54, 1.807) is 0 Å². The highest BCUT2D eigenvalue weighted by molar-refractivity contribution is 6.14. The lowest BCUT2D eigenvalue weighted by Crippen LogP contribution is -2.34. The van der Waals surface area contributed by atoms with Gasteiger partial charge in [-0.05, 0) is 19.8 Å². The maximum atomic E-state index is 4.73. The molecule has 0 aromatic heterocycles. The Kier molecular flexibility index (Phi) is 3.61. The number of nitrogens with zero attached hydrogens (tertiary/aromatic N) is 1. The molecule has 3 unspecified atom stereocenters. The van der Waals surface area contributed by atoms with Crippen LogP contribution in [0.2, 0.25) is 5.31 Å². The SMILES string of the molecule is BC1(C)CCCCC2N=C(C)NC2CCC1. The summed E-state index contributed by atoms with van der Waals surface area (Å²) >= 11 is 0. The number of nitrogens with one attached hydrogen (secondary N) is 1. The second kappa shape index (κ2) is 4.81. The van der Waals surface area contributed by atoms with Crippen LogP contribution in [-0.2, 0) is 0 Å². The molecule has 0 saturated heterocycles. The van der Waals surface area contributed by atoms with Gasteiger partial charge in [-0.3, -0.25) is 4.99 Å². The van der Waals surface area contributed by atoms with Crippen molar-refractivity contribution in [3.8, 4) is 0 Å². The Morgan fingerprint density at radius 2 is 2.00 bits per heavy atom. The fraction of sp³-hybridized carbons (Fsp3) is 0.923. The summed E-state index contributed by atoms with van der Waals surface area (Å²) in [6.45, 7) is 4.53. The highest BCUT2D eigenvalue weighted by atomic mass is 15.1. The lowest BCUT2D eigenvalue weighted by molar-refractivity contribution is 0.378. The molecule has 2 aliphatic rings. The molecule has 0 amide bonds. The molecule has 0 spiro atoms. The zero-order valence-corrected chi connectivity index (χ0v) is 11.1. The molecule has 1 saturated carbocycles. The molecule has 3 atom stereocenters. The number of aliphatic imine (C=N–C) groups is 1. The second-order valence-electron chi connectivity index (χ2n) is 6.33. The molecule has 0 aromatic rings. The molecule has 16 heavy (non-hydrogen) atoms. The van der Waals surface area contributed by atoms with Crippen LogP contribution in [0.25, 0.3) is 0 Å². The summed E-state index contributed by atoms with van der Waals surface area (Å²) in [7, 11) is 2.43. The van der Waals surface area contributed by atoms with E-state index in [1.807, 2.05) is 0 Å². The Labute approximate surface area is 101 Å². The summed E-state index contributed by atoms with van der Waals surface area (Å²) in [6.07, 6.45) is 9.43. The quantitative estimate of drug-likeness (QED) is 0.622. The van der Waals surface area contributed by atoms with Gasteiger partial charge in [0.15, 0.2) is 0 Å². The molecule has 0 aromatic carbocycles. The van der Waals surface area contributed by atoms with Crippen molar-refractivity contribution in [1.82, 2.24) is 5.32 Å². The number of rotatable bonds is 0. The van der Waals surface area contributed by atoms with Crippen LogP contribution in [0.5, 0.6) is 0 Å². The Morgan fingerprint density at radius 1 is 1.25 bits per heavy atom. The second-order valence-corrected chi connectivity index (χ2v) is 6.33. The first-order chi connectivity index (χ1) is 7.57. The molecule has 0 radical (unpaired) electrons. The van der Waals surface area contributed by atoms with Gasteiger partial charge in [0.2, 0.25) is 0 Å². The van der Waals surface area contributed by atoms with Gasteiger partial charge < -0.3 is 5.32 Å². The number of amidine groups is 1. The summed E-state index contributed by atoms with van der Waals surface area (Å²) in [5.74, 6) is 1.16. The zero-order chi connectivity index (χ0) is 11.6. The van der Waals surface area contributed by atoms with Gasteiger partial charge in [-0.25, -0.2) is 0 Å². The van der Waals surface area contributed by atoms with E-state index in [1.165, 1.54) is 44.9 Å². The lowest BCUT2D eigenvalue weighted by atomic mass is 9.64. The van der Waals surface area contributed by atoms with Crippen molar-refractivity contribution >= 4 is 13.7 Å². The molecule has 1 fully saturated rings. The Hall–Kier alpha value is -0.465. The molecular weight excluding hydrogens is 195 g/mol. The third-order valence-electron chi connectivity index (χ3n) is 4.19. The van der Waals surface area contributed by atoms with Crippen molar-refractivity contribution in [3.63, 3.8) is 0 Å². The first-order valence-electron chi connectivity index (χ1n) is 6.88. The average molecular weight is 220 g/mol. The van der Waals surface area contributed by atoms with Crippen LogP contribution >= 0.6 is 0 Å². The third kappa shape index (κ3) is 3.02. The molecular formula is C13H25BN2. The first kappa shape index (κ1) is 12.0. The summed E-state index contributed by atoms with van der Waals surface area (Å²) in [5.41, 5.74) is 0. The van der Waals surface area contributed by atoms with Crippen molar-refractivity contribution in [2.75, 3.05) is 0 Å². The van der Waals surface area contributed by atoms with Gasteiger partial charge in [-0.1, -0.05) is 44.3 Å². The average Bonchev–Trinajstić information content (AvgIpc) is 2.54. The Bertz CT molecular complexity index is 273. The largest absolute Gasteiger partial charge is 0.369 e. The molecule has 3 heteroatoms. The topological polar surface area (TPSA) is 24.4 Å². The smallest absolute Gasteiger partial charge is 0.109 e.